The monoisotopic (exact) mass is 184 g/mol. The van der Waals surface area contributed by atoms with Gasteiger partial charge in [0.15, 0.2) is 0 Å². The maximum absolute atomic E-state index is 9.41. The molecule has 0 aromatic carbocycles. The van der Waals surface area contributed by atoms with Gasteiger partial charge in [-0.25, -0.2) is 4.98 Å². The molecule has 2 N–H and O–H groups in total. The molecule has 0 amide bonds. The Bertz CT molecular complexity index is 263. The summed E-state index contributed by atoms with van der Waals surface area (Å²) in [7, 11) is 1.84. The number of rotatable bonds is 4. The standard InChI is InChI=1S/C8H16N4O/c1-8(2,13)5-9-4-7-10-6-11-12(7)3/h6,9,13H,4-5H2,1-3H3. The van der Waals surface area contributed by atoms with Crippen LogP contribution < -0.4 is 5.32 Å². The van der Waals surface area contributed by atoms with Gasteiger partial charge in [-0.15, -0.1) is 0 Å². The van der Waals surface area contributed by atoms with E-state index in [4.69, 9.17) is 0 Å². The number of hydrogen-bond acceptors (Lipinski definition) is 4. The van der Waals surface area contributed by atoms with Crippen LogP contribution in [-0.4, -0.2) is 32.0 Å². The van der Waals surface area contributed by atoms with E-state index < -0.39 is 5.60 Å². The number of aliphatic hydroxyl groups is 1. The Hall–Kier alpha value is -0.940. The van der Waals surface area contributed by atoms with Gasteiger partial charge in [-0.3, -0.25) is 4.68 Å². The Morgan fingerprint density at radius 3 is 2.77 bits per heavy atom. The van der Waals surface area contributed by atoms with Crippen molar-refractivity contribution in [1.29, 1.82) is 0 Å². The number of nitrogens with one attached hydrogen (secondary N) is 1. The molecule has 0 aliphatic carbocycles. The van der Waals surface area contributed by atoms with Crippen LogP contribution in [0.1, 0.15) is 19.7 Å². The van der Waals surface area contributed by atoms with Crippen LogP contribution in [0.3, 0.4) is 0 Å². The third kappa shape index (κ3) is 3.52. The summed E-state index contributed by atoms with van der Waals surface area (Å²) in [5.41, 5.74) is -0.682. The van der Waals surface area contributed by atoms with Gasteiger partial charge in [-0.1, -0.05) is 0 Å². The summed E-state index contributed by atoms with van der Waals surface area (Å²) in [6, 6.07) is 0. The first-order valence-electron chi connectivity index (χ1n) is 4.25. The first-order chi connectivity index (χ1) is 5.99. The largest absolute Gasteiger partial charge is 0.389 e. The Balaban J connectivity index is 2.32. The minimum absolute atomic E-state index is 0.542. The van der Waals surface area contributed by atoms with Gasteiger partial charge < -0.3 is 10.4 Å². The van der Waals surface area contributed by atoms with Gasteiger partial charge >= 0.3 is 0 Å². The lowest BCUT2D eigenvalue weighted by molar-refractivity contribution is 0.0792. The zero-order valence-corrected chi connectivity index (χ0v) is 8.28. The highest BCUT2D eigenvalue weighted by Crippen LogP contribution is 1.98. The van der Waals surface area contributed by atoms with Gasteiger partial charge in [-0.05, 0) is 13.8 Å². The van der Waals surface area contributed by atoms with Crippen LogP contribution in [0.15, 0.2) is 6.33 Å². The fraction of sp³-hybridized carbons (Fsp3) is 0.750. The van der Waals surface area contributed by atoms with E-state index in [2.05, 4.69) is 15.4 Å². The van der Waals surface area contributed by atoms with Crippen molar-refractivity contribution in [3.8, 4) is 0 Å². The summed E-state index contributed by atoms with van der Waals surface area (Å²) in [6.45, 7) is 4.69. The molecular formula is C8H16N4O. The first kappa shape index (κ1) is 10.1. The predicted molar refractivity (Wildman–Crippen MR) is 49.0 cm³/mol. The van der Waals surface area contributed by atoms with Crippen molar-refractivity contribution >= 4 is 0 Å². The van der Waals surface area contributed by atoms with Gasteiger partial charge in [0, 0.05) is 13.6 Å². The van der Waals surface area contributed by atoms with Gasteiger partial charge in [0.2, 0.25) is 0 Å². The molecule has 0 radical (unpaired) electrons. The summed E-state index contributed by atoms with van der Waals surface area (Å²) in [5, 5.41) is 16.4. The van der Waals surface area contributed by atoms with Crippen LogP contribution in [0.5, 0.6) is 0 Å². The van der Waals surface area contributed by atoms with E-state index in [0.717, 1.165) is 5.82 Å². The number of nitrogens with zero attached hydrogens (tertiary/aromatic N) is 3. The molecule has 5 nitrogen and oxygen atoms in total. The first-order valence-corrected chi connectivity index (χ1v) is 4.25. The van der Waals surface area contributed by atoms with Gasteiger partial charge in [-0.2, -0.15) is 5.10 Å². The van der Waals surface area contributed by atoms with Crippen molar-refractivity contribution in [3.63, 3.8) is 0 Å². The summed E-state index contributed by atoms with van der Waals surface area (Å²) >= 11 is 0. The molecule has 0 unspecified atom stereocenters. The second-order valence-electron chi connectivity index (χ2n) is 3.72. The average molecular weight is 184 g/mol. The average Bonchev–Trinajstić information content (AvgIpc) is 2.34. The molecule has 13 heavy (non-hydrogen) atoms. The number of aryl methyl sites for hydroxylation is 1. The van der Waals surface area contributed by atoms with Crippen LogP contribution in [0, 0.1) is 0 Å². The van der Waals surface area contributed by atoms with Gasteiger partial charge in [0.1, 0.15) is 12.2 Å². The minimum Gasteiger partial charge on any atom is -0.389 e. The predicted octanol–water partition coefficient (Wildman–Crippen LogP) is -0.324. The Morgan fingerprint density at radius 2 is 2.31 bits per heavy atom. The van der Waals surface area contributed by atoms with E-state index in [9.17, 15) is 5.11 Å². The zero-order valence-electron chi connectivity index (χ0n) is 8.28. The van der Waals surface area contributed by atoms with Crippen molar-refractivity contribution in [2.24, 2.45) is 7.05 Å². The van der Waals surface area contributed by atoms with Crippen molar-refractivity contribution in [1.82, 2.24) is 20.1 Å². The zero-order chi connectivity index (χ0) is 9.90. The molecule has 0 spiro atoms. The molecule has 1 rings (SSSR count). The van der Waals surface area contributed by atoms with Crippen LogP contribution in [-0.2, 0) is 13.6 Å². The molecule has 0 saturated heterocycles. The molecule has 1 aromatic rings. The van der Waals surface area contributed by atoms with Gasteiger partial charge in [0.25, 0.3) is 0 Å². The van der Waals surface area contributed by atoms with E-state index in [1.54, 1.807) is 18.5 Å². The molecule has 1 aromatic heterocycles. The van der Waals surface area contributed by atoms with E-state index in [1.807, 2.05) is 7.05 Å². The maximum atomic E-state index is 9.41. The molecule has 0 bridgehead atoms. The summed E-state index contributed by atoms with van der Waals surface area (Å²) in [6.07, 6.45) is 1.51. The highest BCUT2D eigenvalue weighted by atomic mass is 16.3. The third-order valence-corrected chi connectivity index (χ3v) is 1.65. The molecule has 1 heterocycles. The molecule has 0 atom stereocenters. The lowest BCUT2D eigenvalue weighted by atomic mass is 10.1. The summed E-state index contributed by atoms with van der Waals surface area (Å²) in [4.78, 5) is 4.04. The molecule has 0 saturated carbocycles. The van der Waals surface area contributed by atoms with Crippen molar-refractivity contribution < 1.29 is 5.11 Å². The molecule has 0 aliphatic rings. The Labute approximate surface area is 77.8 Å². The summed E-state index contributed by atoms with van der Waals surface area (Å²) in [5.74, 6) is 0.865. The summed E-state index contributed by atoms with van der Waals surface area (Å²) < 4.78 is 1.71. The highest BCUT2D eigenvalue weighted by Gasteiger charge is 2.11. The molecule has 74 valence electrons. The number of hydrogen-bond donors (Lipinski definition) is 2. The quantitative estimate of drug-likeness (QED) is 0.673. The third-order valence-electron chi connectivity index (χ3n) is 1.65. The number of aromatic nitrogens is 3. The van der Waals surface area contributed by atoms with Crippen molar-refractivity contribution in [2.75, 3.05) is 6.54 Å². The lowest BCUT2D eigenvalue weighted by Gasteiger charge is -2.17. The maximum Gasteiger partial charge on any atom is 0.140 e. The normalized spacial score (nSPS) is 12.0. The minimum atomic E-state index is -0.682. The highest BCUT2D eigenvalue weighted by molar-refractivity contribution is 4.83. The second kappa shape index (κ2) is 3.85. The van der Waals surface area contributed by atoms with Gasteiger partial charge in [0.05, 0.1) is 12.1 Å². The van der Waals surface area contributed by atoms with E-state index in [0.29, 0.717) is 13.1 Å². The van der Waals surface area contributed by atoms with Crippen LogP contribution >= 0.6 is 0 Å². The van der Waals surface area contributed by atoms with E-state index >= 15 is 0 Å². The lowest BCUT2D eigenvalue weighted by Crippen LogP contribution is -2.34. The molecular weight excluding hydrogens is 168 g/mol. The fourth-order valence-corrected chi connectivity index (χ4v) is 0.960. The van der Waals surface area contributed by atoms with Crippen LogP contribution in [0.25, 0.3) is 0 Å². The smallest absolute Gasteiger partial charge is 0.140 e. The second-order valence-corrected chi connectivity index (χ2v) is 3.72. The van der Waals surface area contributed by atoms with Crippen molar-refractivity contribution in [3.05, 3.63) is 12.2 Å². The molecule has 0 fully saturated rings. The SMILES string of the molecule is Cn1ncnc1CNCC(C)(C)O. The van der Waals surface area contributed by atoms with Crippen LogP contribution in [0.2, 0.25) is 0 Å². The Morgan fingerprint density at radius 1 is 1.62 bits per heavy atom. The van der Waals surface area contributed by atoms with Crippen molar-refractivity contribution in [2.45, 2.75) is 26.0 Å². The van der Waals surface area contributed by atoms with Crippen LogP contribution in [0.4, 0.5) is 0 Å². The molecule has 0 aliphatic heterocycles. The van der Waals surface area contributed by atoms with E-state index in [-0.39, 0.29) is 0 Å². The Kier molecular flexibility index (Phi) is 3.00. The van der Waals surface area contributed by atoms with E-state index in [1.165, 1.54) is 6.33 Å². The molecule has 5 heteroatoms. The topological polar surface area (TPSA) is 63.0 Å². The fourth-order valence-electron chi connectivity index (χ4n) is 0.960.